The number of hydrogen-bond acceptors (Lipinski definition) is 5. The van der Waals surface area contributed by atoms with Crippen LogP contribution in [0, 0.1) is 0 Å². The smallest absolute Gasteiger partial charge is 0.343 e. The molecule has 0 fully saturated rings. The Balaban J connectivity index is 1.26. The molecule has 42 heavy (non-hydrogen) atoms. The molecule has 0 N–H and O–H groups in total. The third-order valence-electron chi connectivity index (χ3n) is 7.11. The number of nitrogens with zero attached hydrogens (tertiary/aromatic N) is 2. The number of carbonyl (C=O) groups is 1. The summed E-state index contributed by atoms with van der Waals surface area (Å²) in [4.78, 5) is 12.6. The summed E-state index contributed by atoms with van der Waals surface area (Å²) < 4.78 is 11.4. The summed E-state index contributed by atoms with van der Waals surface area (Å²) in [7, 11) is 0. The average molecular weight is 612 g/mol. The van der Waals surface area contributed by atoms with Crippen LogP contribution < -0.4 is 9.47 Å². The number of benzene rings is 3. The molecule has 0 bridgehead atoms. The van der Waals surface area contributed by atoms with Gasteiger partial charge in [0.1, 0.15) is 17.2 Å². The molecule has 0 aromatic heterocycles. The van der Waals surface area contributed by atoms with Crippen molar-refractivity contribution in [3.63, 3.8) is 0 Å². The van der Waals surface area contributed by atoms with Gasteiger partial charge in [0.15, 0.2) is 0 Å². The Morgan fingerprint density at radius 3 is 1.67 bits per heavy atom. The highest BCUT2D eigenvalue weighted by Gasteiger charge is 2.09. The van der Waals surface area contributed by atoms with Crippen molar-refractivity contribution in [2.75, 3.05) is 6.61 Å². The Morgan fingerprint density at radius 2 is 1.12 bits per heavy atom. The van der Waals surface area contributed by atoms with E-state index in [-0.39, 0.29) is 0 Å². The number of rotatable bonds is 20. The lowest BCUT2D eigenvalue weighted by Crippen LogP contribution is -2.08. The predicted octanol–water partition coefficient (Wildman–Crippen LogP) is 12.5. The van der Waals surface area contributed by atoms with E-state index in [1.165, 1.54) is 83.5 Å². The molecule has 0 saturated carbocycles. The highest BCUT2D eigenvalue weighted by atomic mass is 35.5. The Morgan fingerprint density at radius 1 is 0.619 bits per heavy atom. The normalized spacial score (nSPS) is 11.2. The number of hydrogen-bond donors (Lipinski definition) is 0. The molecule has 0 saturated heterocycles. The van der Waals surface area contributed by atoms with Crippen molar-refractivity contribution in [3.8, 4) is 11.5 Å². The van der Waals surface area contributed by atoms with E-state index in [0.717, 1.165) is 12.2 Å². The molecule has 0 amide bonds. The molecule has 0 unspecified atom stereocenters. The van der Waals surface area contributed by atoms with Gasteiger partial charge in [-0.05, 0) is 67.1 Å². The van der Waals surface area contributed by atoms with E-state index in [0.29, 0.717) is 39.3 Å². The van der Waals surface area contributed by atoms with Gasteiger partial charge in [-0.2, -0.15) is 5.11 Å². The van der Waals surface area contributed by atoms with Crippen LogP contribution in [0.2, 0.25) is 10.0 Å². The average Bonchev–Trinajstić information content (AvgIpc) is 3.00. The van der Waals surface area contributed by atoms with Crippen molar-refractivity contribution >= 4 is 40.5 Å². The van der Waals surface area contributed by atoms with Gasteiger partial charge in [-0.1, -0.05) is 120 Å². The minimum atomic E-state index is -0.439. The minimum absolute atomic E-state index is 0.406. The molecular weight excluding hydrogens is 567 g/mol. The Kier molecular flexibility index (Phi) is 16.1. The van der Waals surface area contributed by atoms with Gasteiger partial charge < -0.3 is 9.47 Å². The molecule has 226 valence electrons. The van der Waals surface area contributed by atoms with E-state index < -0.39 is 5.97 Å². The van der Waals surface area contributed by atoms with Gasteiger partial charge >= 0.3 is 5.97 Å². The first kappa shape index (κ1) is 33.6. The first-order chi connectivity index (χ1) is 20.6. The zero-order valence-electron chi connectivity index (χ0n) is 24.8. The number of halogens is 2. The monoisotopic (exact) mass is 610 g/mol. The molecule has 0 aliphatic heterocycles. The van der Waals surface area contributed by atoms with E-state index in [2.05, 4.69) is 17.2 Å². The second kappa shape index (κ2) is 20.1. The molecule has 0 spiro atoms. The fourth-order valence-electron chi connectivity index (χ4n) is 4.61. The molecule has 0 radical (unpaired) electrons. The molecule has 0 heterocycles. The van der Waals surface area contributed by atoms with Gasteiger partial charge in [0.05, 0.1) is 27.9 Å². The largest absolute Gasteiger partial charge is 0.494 e. The number of azo groups is 1. The third-order valence-corrected chi connectivity index (χ3v) is 7.72. The van der Waals surface area contributed by atoms with Gasteiger partial charge in [-0.3, -0.25) is 0 Å². The summed E-state index contributed by atoms with van der Waals surface area (Å²) in [5.41, 5.74) is 1.44. The lowest BCUT2D eigenvalue weighted by Gasteiger charge is -2.08. The minimum Gasteiger partial charge on any atom is -0.494 e. The zero-order chi connectivity index (χ0) is 29.8. The van der Waals surface area contributed by atoms with Crippen LogP contribution in [0.5, 0.6) is 11.5 Å². The lowest BCUT2D eigenvalue weighted by molar-refractivity contribution is 0.0734. The zero-order valence-corrected chi connectivity index (χ0v) is 26.3. The number of carbonyl (C=O) groups excluding carboxylic acids is 1. The van der Waals surface area contributed by atoms with Crippen LogP contribution in [0.1, 0.15) is 107 Å². The SMILES string of the molecule is CCCCCCCCCCCCCCCCOc1ccc(C(=O)Oc2ccc(N=Nc3c(Cl)cccc3Cl)cc2)cc1. The van der Waals surface area contributed by atoms with Crippen molar-refractivity contribution in [1.82, 2.24) is 0 Å². The van der Waals surface area contributed by atoms with E-state index in [1.54, 1.807) is 54.6 Å². The number of unbranched alkanes of at least 4 members (excludes halogenated alkanes) is 13. The van der Waals surface area contributed by atoms with Crippen molar-refractivity contribution in [1.29, 1.82) is 0 Å². The molecule has 0 aliphatic rings. The van der Waals surface area contributed by atoms with E-state index in [9.17, 15) is 4.79 Å². The maximum absolute atomic E-state index is 12.6. The molecule has 3 rings (SSSR count). The van der Waals surface area contributed by atoms with Gasteiger partial charge in [0.25, 0.3) is 0 Å². The summed E-state index contributed by atoms with van der Waals surface area (Å²) in [5, 5.41) is 9.12. The highest BCUT2D eigenvalue weighted by molar-refractivity contribution is 6.38. The summed E-state index contributed by atoms with van der Waals surface area (Å²) >= 11 is 12.2. The topological polar surface area (TPSA) is 60.2 Å². The van der Waals surface area contributed by atoms with Crippen LogP contribution >= 0.6 is 23.2 Å². The molecule has 5 nitrogen and oxygen atoms in total. The molecule has 7 heteroatoms. The highest BCUT2D eigenvalue weighted by Crippen LogP contribution is 2.34. The second-order valence-electron chi connectivity index (χ2n) is 10.6. The van der Waals surface area contributed by atoms with E-state index in [4.69, 9.17) is 32.7 Å². The maximum atomic E-state index is 12.6. The van der Waals surface area contributed by atoms with Gasteiger partial charge in [-0.15, -0.1) is 5.11 Å². The van der Waals surface area contributed by atoms with Crippen LogP contribution in [-0.2, 0) is 0 Å². The van der Waals surface area contributed by atoms with Crippen molar-refractivity contribution in [3.05, 3.63) is 82.3 Å². The van der Waals surface area contributed by atoms with Crippen LogP contribution in [0.3, 0.4) is 0 Å². The van der Waals surface area contributed by atoms with E-state index in [1.807, 2.05) is 12.1 Å². The number of esters is 1. The summed E-state index contributed by atoms with van der Waals surface area (Å²) in [5.74, 6) is 0.730. The Labute approximate surface area is 261 Å². The van der Waals surface area contributed by atoms with Crippen LogP contribution in [0.25, 0.3) is 0 Å². The number of ether oxygens (including phenoxy) is 2. The van der Waals surface area contributed by atoms with Crippen molar-refractivity contribution < 1.29 is 14.3 Å². The molecular formula is C35H44Cl2N2O3. The Bertz CT molecular complexity index is 1190. The molecule has 0 aliphatic carbocycles. The summed E-state index contributed by atoms with van der Waals surface area (Å²) in [6.45, 7) is 2.96. The maximum Gasteiger partial charge on any atom is 0.343 e. The van der Waals surface area contributed by atoms with Crippen LogP contribution in [-0.4, -0.2) is 12.6 Å². The van der Waals surface area contributed by atoms with Gasteiger partial charge in [0, 0.05) is 0 Å². The predicted molar refractivity (Wildman–Crippen MR) is 174 cm³/mol. The lowest BCUT2D eigenvalue weighted by atomic mass is 10.0. The summed E-state index contributed by atoms with van der Waals surface area (Å²) in [6, 6.07) is 18.9. The second-order valence-corrected chi connectivity index (χ2v) is 11.4. The first-order valence-corrected chi connectivity index (χ1v) is 16.2. The van der Waals surface area contributed by atoms with Crippen molar-refractivity contribution in [2.24, 2.45) is 10.2 Å². The van der Waals surface area contributed by atoms with Gasteiger partial charge in [-0.25, -0.2) is 4.79 Å². The molecule has 3 aromatic rings. The van der Waals surface area contributed by atoms with Crippen LogP contribution in [0.15, 0.2) is 77.0 Å². The fraction of sp³-hybridized carbons (Fsp3) is 0.457. The van der Waals surface area contributed by atoms with Crippen LogP contribution in [0.4, 0.5) is 11.4 Å². The molecule has 0 atom stereocenters. The van der Waals surface area contributed by atoms with E-state index >= 15 is 0 Å². The molecule has 3 aromatic carbocycles. The quantitative estimate of drug-likeness (QED) is 0.0553. The fourth-order valence-corrected chi connectivity index (χ4v) is 5.09. The standard InChI is InChI=1S/C35H44Cl2N2O3/c1-2-3-4-5-6-7-8-9-10-11-12-13-14-15-27-41-30-23-19-28(20-24-30)35(40)42-31-25-21-29(22-26-31)38-39-34-32(36)17-16-18-33(34)37/h16-26H,2-15,27H2,1H3. The first-order valence-electron chi connectivity index (χ1n) is 15.5. The third kappa shape index (κ3) is 13.0. The summed E-state index contributed by atoms with van der Waals surface area (Å²) in [6.07, 6.45) is 18.7. The van der Waals surface area contributed by atoms with Gasteiger partial charge in [0.2, 0.25) is 0 Å². The Hall–Kier alpha value is -2.89. The van der Waals surface area contributed by atoms with Crippen molar-refractivity contribution in [2.45, 2.75) is 96.8 Å².